The minimum absolute atomic E-state index is 0.0349. The molecule has 1 heterocycles. The van der Waals surface area contributed by atoms with Gasteiger partial charge < -0.3 is 5.32 Å². The number of hydrogen-bond donors (Lipinski definition) is 2. The highest BCUT2D eigenvalue weighted by atomic mass is 32.2. The fourth-order valence-electron chi connectivity index (χ4n) is 2.73. The van der Waals surface area contributed by atoms with Crippen LogP contribution >= 0.6 is 11.8 Å². The Morgan fingerprint density at radius 3 is 2.61 bits per heavy atom. The molecule has 0 saturated carbocycles. The minimum atomic E-state index is -3.70. The van der Waals surface area contributed by atoms with E-state index in [0.717, 1.165) is 4.90 Å². The van der Waals surface area contributed by atoms with Gasteiger partial charge in [0.05, 0.1) is 9.80 Å². The summed E-state index contributed by atoms with van der Waals surface area (Å²) in [6.45, 7) is -0.119. The fourth-order valence-corrected chi connectivity index (χ4v) is 4.36. The third kappa shape index (κ3) is 5.19. The van der Waals surface area contributed by atoms with E-state index in [1.807, 2.05) is 0 Å². The van der Waals surface area contributed by atoms with E-state index < -0.39 is 32.9 Å². The van der Waals surface area contributed by atoms with Crippen molar-refractivity contribution in [1.29, 1.82) is 0 Å². The van der Waals surface area contributed by atoms with Gasteiger partial charge in [-0.2, -0.15) is 0 Å². The van der Waals surface area contributed by atoms with Crippen molar-refractivity contribution < 1.29 is 27.2 Å². The van der Waals surface area contributed by atoms with Gasteiger partial charge in [-0.15, -0.1) is 0 Å². The van der Waals surface area contributed by atoms with Crippen LogP contribution in [0.5, 0.6) is 0 Å². The molecule has 2 aromatic rings. The number of carbonyl (C=O) groups is 3. The van der Waals surface area contributed by atoms with Crippen molar-refractivity contribution >= 4 is 44.9 Å². The van der Waals surface area contributed by atoms with Gasteiger partial charge in [-0.1, -0.05) is 24.3 Å². The van der Waals surface area contributed by atoms with Gasteiger partial charge in [-0.25, -0.2) is 17.5 Å². The highest BCUT2D eigenvalue weighted by Gasteiger charge is 2.34. The number of halogens is 1. The maximum absolute atomic E-state index is 13.8. The summed E-state index contributed by atoms with van der Waals surface area (Å²) < 4.78 is 39.7. The van der Waals surface area contributed by atoms with E-state index in [2.05, 4.69) is 10.0 Å². The summed E-state index contributed by atoms with van der Waals surface area (Å²) in [7, 11) is -2.44. The van der Waals surface area contributed by atoms with Crippen molar-refractivity contribution in [2.75, 3.05) is 20.1 Å². The van der Waals surface area contributed by atoms with Crippen LogP contribution in [0.4, 0.5) is 9.18 Å². The Morgan fingerprint density at radius 2 is 1.90 bits per heavy atom. The molecule has 3 rings (SSSR count). The minimum Gasteiger partial charge on any atom is -0.350 e. The molecule has 1 fully saturated rings. The average molecular weight is 464 g/mol. The third-order valence-electron chi connectivity index (χ3n) is 4.36. The summed E-state index contributed by atoms with van der Waals surface area (Å²) in [4.78, 5) is 37.9. The highest BCUT2D eigenvalue weighted by molar-refractivity contribution is 8.18. The molecule has 0 atom stereocenters. The highest BCUT2D eigenvalue weighted by Crippen LogP contribution is 2.32. The molecule has 1 aliphatic heterocycles. The van der Waals surface area contributed by atoms with Gasteiger partial charge in [-0.3, -0.25) is 19.3 Å². The monoisotopic (exact) mass is 463 g/mol. The molecule has 2 aromatic carbocycles. The zero-order valence-corrected chi connectivity index (χ0v) is 17.9. The molecule has 11 heteroatoms. The first-order chi connectivity index (χ1) is 14.7. The lowest BCUT2D eigenvalue weighted by Gasteiger charge is -2.13. The van der Waals surface area contributed by atoms with Crippen LogP contribution in [0.25, 0.3) is 6.08 Å². The Bertz CT molecular complexity index is 1180. The molecule has 0 unspecified atom stereocenters. The van der Waals surface area contributed by atoms with E-state index in [0.29, 0.717) is 11.8 Å². The number of thioether (sulfide) groups is 1. The van der Waals surface area contributed by atoms with Crippen LogP contribution in [-0.2, 0) is 14.8 Å². The maximum Gasteiger partial charge on any atom is 0.293 e. The Kier molecular flexibility index (Phi) is 6.88. The number of nitrogens with one attached hydrogen (secondary N) is 2. The first-order valence-electron chi connectivity index (χ1n) is 9.04. The lowest BCUT2D eigenvalue weighted by atomic mass is 10.2. The first kappa shape index (κ1) is 22.7. The van der Waals surface area contributed by atoms with Gasteiger partial charge in [0.2, 0.25) is 10.0 Å². The van der Waals surface area contributed by atoms with Crippen LogP contribution in [0.1, 0.15) is 15.9 Å². The fraction of sp³-hybridized carbons (Fsp3) is 0.150. The van der Waals surface area contributed by atoms with Crippen LogP contribution in [0, 0.1) is 5.82 Å². The molecule has 0 aliphatic carbocycles. The number of sulfonamides is 1. The number of rotatable bonds is 7. The molecule has 1 saturated heterocycles. The molecule has 0 radical (unpaired) electrons. The summed E-state index contributed by atoms with van der Waals surface area (Å²) in [5.74, 6) is -1.64. The lowest BCUT2D eigenvalue weighted by molar-refractivity contribution is -0.122. The number of benzene rings is 2. The second kappa shape index (κ2) is 9.41. The number of imide groups is 1. The molecular weight excluding hydrogens is 445 g/mol. The van der Waals surface area contributed by atoms with Crippen LogP contribution in [0.2, 0.25) is 0 Å². The number of hydrogen-bond acceptors (Lipinski definition) is 6. The van der Waals surface area contributed by atoms with E-state index in [4.69, 9.17) is 0 Å². The Balaban J connectivity index is 1.63. The first-order valence-corrected chi connectivity index (χ1v) is 11.3. The summed E-state index contributed by atoms with van der Waals surface area (Å²) in [6.07, 6.45) is 1.31. The number of nitrogens with zero attached hydrogens (tertiary/aromatic N) is 1. The molecule has 8 nitrogen and oxygen atoms in total. The molecule has 3 amide bonds. The van der Waals surface area contributed by atoms with Crippen LogP contribution in [0.3, 0.4) is 0 Å². The molecule has 162 valence electrons. The van der Waals surface area contributed by atoms with Gasteiger partial charge in [0, 0.05) is 24.2 Å². The standard InChI is InChI=1S/C20H18FN3O5S2/c1-22-31(28,29)15-7-4-6-14(11-15)18(25)23-9-10-24-19(26)17(30-20(24)27)12-13-5-2-3-8-16(13)21/h2-8,11-12,22H,9-10H2,1H3,(H,23,25)/b17-12-. The SMILES string of the molecule is CNS(=O)(=O)c1cccc(C(=O)NCCN2C(=O)S/C(=C\c3ccccc3F)C2=O)c1. The topological polar surface area (TPSA) is 113 Å². The smallest absolute Gasteiger partial charge is 0.293 e. The van der Waals surface area contributed by atoms with Crippen molar-refractivity contribution in [3.05, 3.63) is 70.4 Å². The zero-order valence-electron chi connectivity index (χ0n) is 16.3. The lowest BCUT2D eigenvalue weighted by Crippen LogP contribution is -2.37. The van der Waals surface area contributed by atoms with Crippen molar-refractivity contribution in [3.63, 3.8) is 0 Å². The van der Waals surface area contributed by atoms with Crippen molar-refractivity contribution in [1.82, 2.24) is 14.9 Å². The molecular formula is C20H18FN3O5S2. The van der Waals surface area contributed by atoms with Crippen LogP contribution < -0.4 is 10.0 Å². The van der Waals surface area contributed by atoms with Gasteiger partial charge in [0.1, 0.15) is 5.82 Å². The average Bonchev–Trinajstić information content (AvgIpc) is 3.02. The van der Waals surface area contributed by atoms with E-state index in [-0.39, 0.29) is 34.0 Å². The predicted molar refractivity (Wildman–Crippen MR) is 114 cm³/mol. The third-order valence-corrected chi connectivity index (χ3v) is 6.68. The molecule has 1 aliphatic rings. The molecule has 31 heavy (non-hydrogen) atoms. The Morgan fingerprint density at radius 1 is 1.16 bits per heavy atom. The molecule has 0 bridgehead atoms. The second-order valence-corrected chi connectivity index (χ2v) is 9.23. The van der Waals surface area contributed by atoms with Gasteiger partial charge in [-0.05, 0) is 49.2 Å². The van der Waals surface area contributed by atoms with Crippen molar-refractivity contribution in [2.24, 2.45) is 0 Å². The van der Waals surface area contributed by atoms with Gasteiger partial charge >= 0.3 is 0 Å². The van der Waals surface area contributed by atoms with Crippen LogP contribution in [-0.4, -0.2) is 50.5 Å². The summed E-state index contributed by atoms with van der Waals surface area (Å²) in [6, 6.07) is 11.3. The second-order valence-electron chi connectivity index (χ2n) is 6.35. The predicted octanol–water partition coefficient (Wildman–Crippen LogP) is 2.20. The molecule has 2 N–H and O–H groups in total. The van der Waals surface area contributed by atoms with Crippen LogP contribution in [0.15, 0.2) is 58.3 Å². The van der Waals surface area contributed by atoms with Gasteiger partial charge in [0.15, 0.2) is 0 Å². The zero-order chi connectivity index (χ0) is 22.6. The summed E-state index contributed by atoms with van der Waals surface area (Å²) >= 11 is 0.693. The van der Waals surface area contributed by atoms with E-state index in [1.54, 1.807) is 6.07 Å². The maximum atomic E-state index is 13.8. The quantitative estimate of drug-likeness (QED) is 0.609. The van der Waals surface area contributed by atoms with E-state index in [9.17, 15) is 27.2 Å². The van der Waals surface area contributed by atoms with Crippen molar-refractivity contribution in [3.8, 4) is 0 Å². The van der Waals surface area contributed by atoms with E-state index in [1.165, 1.54) is 55.6 Å². The summed E-state index contributed by atoms with van der Waals surface area (Å²) in [5, 5.41) is 2.02. The normalized spacial score (nSPS) is 15.5. The Labute approximate surface area is 182 Å². The molecule has 0 spiro atoms. The largest absolute Gasteiger partial charge is 0.350 e. The summed E-state index contributed by atoms with van der Waals surface area (Å²) in [5.41, 5.74) is 0.308. The molecule has 0 aromatic heterocycles. The number of carbonyl (C=O) groups excluding carboxylic acids is 3. The number of amides is 3. The van der Waals surface area contributed by atoms with Crippen molar-refractivity contribution in [2.45, 2.75) is 4.90 Å². The van der Waals surface area contributed by atoms with Gasteiger partial charge in [0.25, 0.3) is 17.1 Å². The van der Waals surface area contributed by atoms with E-state index >= 15 is 0 Å². The Hall–Kier alpha value is -3.02.